The first-order valence-electron chi connectivity index (χ1n) is 11.2. The SMILES string of the molecule is CC(C)CN1CCOC(CNC(=NCc2ccc([N+](=O)[O-])cc2)NCC2CCCO2)C1.I. The minimum Gasteiger partial charge on any atom is -0.376 e. The second kappa shape index (κ2) is 13.9. The Morgan fingerprint density at radius 3 is 2.50 bits per heavy atom. The third-order valence-electron chi connectivity index (χ3n) is 5.43. The summed E-state index contributed by atoms with van der Waals surface area (Å²) >= 11 is 0. The Labute approximate surface area is 207 Å². The van der Waals surface area contributed by atoms with E-state index in [1.165, 1.54) is 12.1 Å². The summed E-state index contributed by atoms with van der Waals surface area (Å²) in [5.74, 6) is 1.34. The quantitative estimate of drug-likeness (QED) is 0.157. The Hall–Kier alpha value is -1.50. The molecule has 2 unspecified atom stereocenters. The van der Waals surface area contributed by atoms with Crippen LogP contribution in [0.1, 0.15) is 32.3 Å². The third-order valence-corrected chi connectivity index (χ3v) is 5.43. The summed E-state index contributed by atoms with van der Waals surface area (Å²) < 4.78 is 11.6. The van der Waals surface area contributed by atoms with Crippen LogP contribution in [0.3, 0.4) is 0 Å². The van der Waals surface area contributed by atoms with Gasteiger partial charge in [-0.05, 0) is 24.3 Å². The summed E-state index contributed by atoms with van der Waals surface area (Å²) in [5.41, 5.74) is 1.00. The van der Waals surface area contributed by atoms with Crippen LogP contribution < -0.4 is 10.6 Å². The van der Waals surface area contributed by atoms with E-state index in [0.29, 0.717) is 31.5 Å². The second-order valence-electron chi connectivity index (χ2n) is 8.63. The lowest BCUT2D eigenvalue weighted by Crippen LogP contribution is -2.50. The van der Waals surface area contributed by atoms with E-state index in [1.807, 2.05) is 0 Å². The fourth-order valence-corrected chi connectivity index (χ4v) is 3.88. The van der Waals surface area contributed by atoms with Crippen LogP contribution >= 0.6 is 24.0 Å². The molecule has 2 aliphatic heterocycles. The van der Waals surface area contributed by atoms with Gasteiger partial charge in [-0.1, -0.05) is 26.0 Å². The second-order valence-corrected chi connectivity index (χ2v) is 8.63. The van der Waals surface area contributed by atoms with Crippen molar-refractivity contribution < 1.29 is 14.4 Å². The first kappa shape index (κ1) is 26.7. The van der Waals surface area contributed by atoms with Crippen LogP contribution in [0.2, 0.25) is 0 Å². The van der Waals surface area contributed by atoms with Crippen molar-refractivity contribution in [3.05, 3.63) is 39.9 Å². The summed E-state index contributed by atoms with van der Waals surface area (Å²) in [7, 11) is 0. The summed E-state index contributed by atoms with van der Waals surface area (Å²) in [4.78, 5) is 17.6. The predicted octanol–water partition coefficient (Wildman–Crippen LogP) is 2.78. The zero-order valence-electron chi connectivity index (χ0n) is 19.0. The number of hydrogen-bond donors (Lipinski definition) is 2. The molecule has 2 heterocycles. The fraction of sp³-hybridized carbons (Fsp3) is 0.682. The van der Waals surface area contributed by atoms with Crippen molar-refractivity contribution in [2.45, 2.75) is 45.4 Å². The summed E-state index contributed by atoms with van der Waals surface area (Å²) in [5, 5.41) is 17.6. The number of nitrogens with zero attached hydrogens (tertiary/aromatic N) is 3. The van der Waals surface area contributed by atoms with E-state index in [0.717, 1.165) is 51.3 Å². The van der Waals surface area contributed by atoms with Crippen molar-refractivity contribution in [1.29, 1.82) is 0 Å². The molecule has 180 valence electrons. The Bertz CT molecular complexity index is 726. The molecule has 10 heteroatoms. The van der Waals surface area contributed by atoms with Gasteiger partial charge in [0.05, 0.1) is 30.3 Å². The zero-order chi connectivity index (χ0) is 22.1. The van der Waals surface area contributed by atoms with Gasteiger partial charge in [0.2, 0.25) is 0 Å². The highest BCUT2D eigenvalue weighted by molar-refractivity contribution is 14.0. The molecule has 0 bridgehead atoms. The molecule has 2 N–H and O–H groups in total. The maximum atomic E-state index is 10.8. The van der Waals surface area contributed by atoms with Gasteiger partial charge in [-0.25, -0.2) is 4.99 Å². The van der Waals surface area contributed by atoms with E-state index in [-0.39, 0.29) is 41.9 Å². The number of hydrogen-bond acceptors (Lipinski definition) is 6. The van der Waals surface area contributed by atoms with Crippen LogP contribution in [0.4, 0.5) is 5.69 Å². The van der Waals surface area contributed by atoms with E-state index in [9.17, 15) is 10.1 Å². The first-order valence-corrected chi connectivity index (χ1v) is 11.2. The van der Waals surface area contributed by atoms with Gasteiger partial charge in [0, 0.05) is 51.5 Å². The number of morpholine rings is 1. The number of nitro benzene ring substituents is 1. The molecular formula is C22H36IN5O4. The largest absolute Gasteiger partial charge is 0.376 e. The topological polar surface area (TPSA) is 101 Å². The van der Waals surface area contributed by atoms with Crippen molar-refractivity contribution in [3.8, 4) is 0 Å². The molecule has 3 rings (SSSR count). The molecule has 0 saturated carbocycles. The number of guanidine groups is 1. The van der Waals surface area contributed by atoms with Crippen molar-refractivity contribution in [2.24, 2.45) is 10.9 Å². The lowest BCUT2D eigenvalue weighted by atomic mass is 10.2. The number of rotatable bonds is 9. The van der Waals surface area contributed by atoms with E-state index < -0.39 is 4.92 Å². The Balaban J connectivity index is 0.00000363. The molecule has 0 aromatic heterocycles. The molecule has 2 atom stereocenters. The number of halogens is 1. The van der Waals surface area contributed by atoms with Gasteiger partial charge in [-0.2, -0.15) is 0 Å². The van der Waals surface area contributed by atoms with Crippen molar-refractivity contribution >= 4 is 35.6 Å². The molecule has 1 aromatic rings. The molecule has 32 heavy (non-hydrogen) atoms. The smallest absolute Gasteiger partial charge is 0.269 e. The van der Waals surface area contributed by atoms with Crippen LogP contribution in [-0.4, -0.2) is 73.9 Å². The molecule has 2 saturated heterocycles. The number of nitrogens with one attached hydrogen (secondary N) is 2. The zero-order valence-corrected chi connectivity index (χ0v) is 21.3. The van der Waals surface area contributed by atoms with Gasteiger partial charge >= 0.3 is 0 Å². The molecule has 0 radical (unpaired) electrons. The summed E-state index contributed by atoms with van der Waals surface area (Å²) in [6, 6.07) is 6.51. The van der Waals surface area contributed by atoms with E-state index in [4.69, 9.17) is 9.47 Å². The lowest BCUT2D eigenvalue weighted by Gasteiger charge is -2.34. The molecule has 2 aliphatic rings. The van der Waals surface area contributed by atoms with E-state index in [2.05, 4.69) is 34.4 Å². The highest BCUT2D eigenvalue weighted by atomic mass is 127. The van der Waals surface area contributed by atoms with Crippen LogP contribution in [0, 0.1) is 16.0 Å². The van der Waals surface area contributed by atoms with Gasteiger partial charge in [-0.15, -0.1) is 24.0 Å². The normalized spacial score (nSPS) is 21.9. The minimum absolute atomic E-state index is 0. The maximum absolute atomic E-state index is 10.8. The molecule has 0 aliphatic carbocycles. The van der Waals surface area contributed by atoms with Crippen LogP contribution in [0.15, 0.2) is 29.3 Å². The summed E-state index contributed by atoms with van der Waals surface area (Å²) in [6.45, 7) is 10.8. The van der Waals surface area contributed by atoms with Crippen molar-refractivity contribution in [3.63, 3.8) is 0 Å². The maximum Gasteiger partial charge on any atom is 0.269 e. The molecule has 9 nitrogen and oxygen atoms in total. The van der Waals surface area contributed by atoms with Crippen LogP contribution in [0.5, 0.6) is 0 Å². The molecule has 0 amide bonds. The lowest BCUT2D eigenvalue weighted by molar-refractivity contribution is -0.384. The molecule has 2 fully saturated rings. The Morgan fingerprint density at radius 1 is 1.19 bits per heavy atom. The van der Waals surface area contributed by atoms with Crippen molar-refractivity contribution in [1.82, 2.24) is 15.5 Å². The standard InChI is InChI=1S/C22H35N5O4.HI/c1-17(2)15-26-9-11-31-21(16-26)14-25-22(24-13-20-4-3-10-30-20)23-12-18-5-7-19(8-6-18)27(28)29;/h5-8,17,20-21H,3-4,9-16H2,1-2H3,(H2,23,24,25);1H. The number of ether oxygens (including phenoxy) is 2. The monoisotopic (exact) mass is 561 g/mol. The van der Waals surface area contributed by atoms with E-state index in [1.54, 1.807) is 12.1 Å². The summed E-state index contributed by atoms with van der Waals surface area (Å²) in [6.07, 6.45) is 2.47. The van der Waals surface area contributed by atoms with Crippen LogP contribution in [-0.2, 0) is 16.0 Å². The Morgan fingerprint density at radius 2 is 1.88 bits per heavy atom. The van der Waals surface area contributed by atoms with Crippen molar-refractivity contribution in [2.75, 3.05) is 45.9 Å². The molecule has 1 aromatic carbocycles. The number of aliphatic imine (C=N–C) groups is 1. The highest BCUT2D eigenvalue weighted by Gasteiger charge is 2.21. The molecule has 0 spiro atoms. The average Bonchev–Trinajstić information content (AvgIpc) is 3.27. The van der Waals surface area contributed by atoms with Gasteiger partial charge < -0.3 is 20.1 Å². The number of nitro groups is 1. The Kier molecular flexibility index (Phi) is 11.6. The first-order chi connectivity index (χ1) is 15.0. The van der Waals surface area contributed by atoms with Crippen LogP contribution in [0.25, 0.3) is 0 Å². The fourth-order valence-electron chi connectivity index (χ4n) is 3.88. The molecular weight excluding hydrogens is 525 g/mol. The number of non-ortho nitro benzene ring substituents is 1. The average molecular weight is 561 g/mol. The third kappa shape index (κ3) is 9.16. The van der Waals surface area contributed by atoms with Gasteiger partial charge in [0.15, 0.2) is 5.96 Å². The van der Waals surface area contributed by atoms with E-state index >= 15 is 0 Å². The highest BCUT2D eigenvalue weighted by Crippen LogP contribution is 2.13. The van der Waals surface area contributed by atoms with Gasteiger partial charge in [0.25, 0.3) is 5.69 Å². The van der Waals surface area contributed by atoms with Gasteiger partial charge in [-0.3, -0.25) is 15.0 Å². The number of benzene rings is 1. The minimum atomic E-state index is -0.393. The predicted molar refractivity (Wildman–Crippen MR) is 136 cm³/mol. The van der Waals surface area contributed by atoms with Gasteiger partial charge in [0.1, 0.15) is 0 Å².